The molecule has 0 saturated carbocycles. The normalized spacial score (nSPS) is 13.8. The summed E-state index contributed by atoms with van der Waals surface area (Å²) in [6.45, 7) is 3.51. The number of halogens is 1. The summed E-state index contributed by atoms with van der Waals surface area (Å²) < 4.78 is 5.90. The van der Waals surface area contributed by atoms with Crippen LogP contribution < -0.4 is 19.9 Å². The Bertz CT molecular complexity index is 1020. The van der Waals surface area contributed by atoms with Gasteiger partial charge in [0.25, 0.3) is 5.91 Å². The molecule has 1 aliphatic heterocycles. The van der Waals surface area contributed by atoms with Gasteiger partial charge in [0.1, 0.15) is 23.7 Å². The summed E-state index contributed by atoms with van der Waals surface area (Å²) in [5.41, 5.74) is 1.71. The predicted octanol–water partition coefficient (Wildman–Crippen LogP) is 3.83. The van der Waals surface area contributed by atoms with E-state index in [1.807, 2.05) is 12.1 Å². The second-order valence-corrected chi connectivity index (χ2v) is 7.73. The van der Waals surface area contributed by atoms with Crippen molar-refractivity contribution in [3.8, 4) is 5.75 Å². The van der Waals surface area contributed by atoms with E-state index in [0.717, 1.165) is 32.0 Å². The largest absolute Gasteiger partial charge is 0.497 e. The van der Waals surface area contributed by atoms with E-state index < -0.39 is 0 Å². The van der Waals surface area contributed by atoms with Crippen molar-refractivity contribution in [2.24, 2.45) is 0 Å². The second kappa shape index (κ2) is 9.13. The summed E-state index contributed by atoms with van der Waals surface area (Å²) >= 11 is 3.41. The van der Waals surface area contributed by atoms with Crippen molar-refractivity contribution in [1.82, 2.24) is 9.97 Å². The number of para-hydroxylation sites is 1. The minimum absolute atomic E-state index is 0.265. The first-order valence-electron chi connectivity index (χ1n) is 9.66. The van der Waals surface area contributed by atoms with Crippen LogP contribution in [0.15, 0.2) is 65.4 Å². The zero-order valence-electron chi connectivity index (χ0n) is 16.6. The van der Waals surface area contributed by atoms with Crippen molar-refractivity contribution in [1.29, 1.82) is 0 Å². The van der Waals surface area contributed by atoms with Gasteiger partial charge in [-0.05, 0) is 46.3 Å². The molecule has 2 heterocycles. The van der Waals surface area contributed by atoms with Crippen molar-refractivity contribution in [2.75, 3.05) is 48.4 Å². The molecule has 7 nitrogen and oxygen atoms in total. The third kappa shape index (κ3) is 4.54. The average molecular weight is 468 g/mol. The summed E-state index contributed by atoms with van der Waals surface area (Å²) in [7, 11) is 1.57. The number of aromatic nitrogens is 2. The number of benzene rings is 2. The number of ether oxygens (including phenoxy) is 1. The number of carbonyl (C=O) groups is 1. The van der Waals surface area contributed by atoms with Gasteiger partial charge in [-0.2, -0.15) is 0 Å². The van der Waals surface area contributed by atoms with Gasteiger partial charge >= 0.3 is 0 Å². The molecule has 0 bridgehead atoms. The van der Waals surface area contributed by atoms with E-state index in [0.29, 0.717) is 21.6 Å². The molecule has 154 valence electrons. The highest BCUT2D eigenvalue weighted by Gasteiger charge is 2.19. The van der Waals surface area contributed by atoms with E-state index >= 15 is 0 Å². The number of nitrogens with one attached hydrogen (secondary N) is 1. The van der Waals surface area contributed by atoms with Gasteiger partial charge in [0.2, 0.25) is 0 Å². The number of piperazine rings is 1. The topological polar surface area (TPSA) is 70.6 Å². The molecule has 1 aliphatic rings. The fourth-order valence-electron chi connectivity index (χ4n) is 3.41. The smallest absolute Gasteiger partial charge is 0.258 e. The molecular formula is C22H22BrN5O2. The molecule has 0 radical (unpaired) electrons. The average Bonchev–Trinajstić information content (AvgIpc) is 2.80. The summed E-state index contributed by atoms with van der Waals surface area (Å²) in [6, 6.07) is 17.5. The summed E-state index contributed by atoms with van der Waals surface area (Å²) in [5.74, 6) is 1.62. The molecule has 1 aromatic heterocycles. The Kier molecular flexibility index (Phi) is 6.13. The van der Waals surface area contributed by atoms with Crippen LogP contribution in [0, 0.1) is 0 Å². The van der Waals surface area contributed by atoms with Crippen LogP contribution in [0.3, 0.4) is 0 Å². The van der Waals surface area contributed by atoms with E-state index in [2.05, 4.69) is 65.3 Å². The fourth-order valence-corrected chi connectivity index (χ4v) is 3.84. The summed E-state index contributed by atoms with van der Waals surface area (Å²) in [6.07, 6.45) is 1.48. The van der Waals surface area contributed by atoms with Crippen molar-refractivity contribution < 1.29 is 9.53 Å². The number of amides is 1. The monoisotopic (exact) mass is 467 g/mol. The van der Waals surface area contributed by atoms with Gasteiger partial charge in [-0.3, -0.25) is 4.79 Å². The van der Waals surface area contributed by atoms with E-state index in [-0.39, 0.29) is 5.91 Å². The molecule has 1 saturated heterocycles. The molecule has 0 atom stereocenters. The van der Waals surface area contributed by atoms with Crippen molar-refractivity contribution in [3.63, 3.8) is 0 Å². The summed E-state index contributed by atoms with van der Waals surface area (Å²) in [5, 5.41) is 2.85. The number of nitrogens with zero attached hydrogens (tertiary/aromatic N) is 4. The molecule has 1 N–H and O–H groups in total. The first kappa shape index (κ1) is 20.2. The molecule has 0 spiro atoms. The molecule has 1 fully saturated rings. The highest BCUT2D eigenvalue weighted by molar-refractivity contribution is 9.10. The highest BCUT2D eigenvalue weighted by atomic mass is 79.9. The van der Waals surface area contributed by atoms with E-state index in [1.165, 1.54) is 12.0 Å². The fraction of sp³-hybridized carbons (Fsp3) is 0.227. The van der Waals surface area contributed by atoms with Gasteiger partial charge in [0.15, 0.2) is 0 Å². The maximum Gasteiger partial charge on any atom is 0.258 e. The van der Waals surface area contributed by atoms with Crippen LogP contribution in [-0.2, 0) is 0 Å². The van der Waals surface area contributed by atoms with Gasteiger partial charge in [-0.25, -0.2) is 9.97 Å². The quantitative estimate of drug-likeness (QED) is 0.614. The van der Waals surface area contributed by atoms with Gasteiger partial charge in [-0.1, -0.05) is 18.2 Å². The van der Waals surface area contributed by atoms with Crippen molar-refractivity contribution in [2.45, 2.75) is 0 Å². The minimum Gasteiger partial charge on any atom is -0.497 e. The van der Waals surface area contributed by atoms with Crippen LogP contribution in [-0.4, -0.2) is 49.2 Å². The van der Waals surface area contributed by atoms with E-state index in [1.54, 1.807) is 25.3 Å². The molecule has 4 rings (SSSR count). The number of methoxy groups -OCH3 is 1. The second-order valence-electron chi connectivity index (χ2n) is 6.87. The van der Waals surface area contributed by atoms with Crippen LogP contribution in [0.5, 0.6) is 5.75 Å². The molecular weight excluding hydrogens is 446 g/mol. The maximum atomic E-state index is 12.7. The first-order valence-corrected chi connectivity index (χ1v) is 10.5. The number of hydrogen-bond donors (Lipinski definition) is 1. The van der Waals surface area contributed by atoms with Crippen LogP contribution in [0.25, 0.3) is 0 Å². The number of carbonyl (C=O) groups excluding carboxylic acids is 1. The Morgan fingerprint density at radius 1 is 1.00 bits per heavy atom. The summed E-state index contributed by atoms with van der Waals surface area (Å²) in [4.78, 5) is 25.9. The van der Waals surface area contributed by atoms with E-state index in [4.69, 9.17) is 4.74 Å². The Labute approximate surface area is 183 Å². The van der Waals surface area contributed by atoms with E-state index in [9.17, 15) is 4.79 Å². The van der Waals surface area contributed by atoms with Crippen LogP contribution in [0.2, 0.25) is 0 Å². The zero-order chi connectivity index (χ0) is 20.9. The van der Waals surface area contributed by atoms with Crippen molar-refractivity contribution in [3.05, 3.63) is 71.0 Å². The minimum atomic E-state index is -0.265. The number of rotatable bonds is 5. The maximum absolute atomic E-state index is 12.7. The molecule has 30 heavy (non-hydrogen) atoms. The lowest BCUT2D eigenvalue weighted by Crippen LogP contribution is -2.46. The zero-order valence-corrected chi connectivity index (χ0v) is 18.2. The predicted molar refractivity (Wildman–Crippen MR) is 122 cm³/mol. The molecule has 8 heteroatoms. The Morgan fingerprint density at radius 3 is 2.47 bits per heavy atom. The third-order valence-electron chi connectivity index (χ3n) is 5.04. The first-order chi connectivity index (χ1) is 14.6. The Morgan fingerprint density at radius 2 is 1.73 bits per heavy atom. The molecule has 2 aromatic carbocycles. The lowest BCUT2D eigenvalue weighted by molar-refractivity contribution is 0.102. The Balaban J connectivity index is 1.43. The number of hydrogen-bond acceptors (Lipinski definition) is 6. The standard InChI is InChI=1S/C22H22BrN5O2/c1-30-17-7-8-19(23)18(13-17)22(29)26-20-14-21(25-15-24-20)28-11-9-27(10-12-28)16-5-3-2-4-6-16/h2-8,13-15H,9-12H2,1H3,(H,24,25,26,29). The lowest BCUT2D eigenvalue weighted by Gasteiger charge is -2.36. The SMILES string of the molecule is COc1ccc(Br)c(C(=O)Nc2cc(N3CCN(c4ccccc4)CC3)ncn2)c1. The van der Waals surface area contributed by atoms with Crippen LogP contribution in [0.1, 0.15) is 10.4 Å². The molecule has 0 unspecified atom stereocenters. The van der Waals surface area contributed by atoms with Gasteiger partial charge in [0.05, 0.1) is 12.7 Å². The van der Waals surface area contributed by atoms with Gasteiger partial charge in [0, 0.05) is 42.4 Å². The van der Waals surface area contributed by atoms with Crippen LogP contribution in [0.4, 0.5) is 17.3 Å². The number of anilines is 3. The highest BCUT2D eigenvalue weighted by Crippen LogP contribution is 2.24. The van der Waals surface area contributed by atoms with Crippen molar-refractivity contribution >= 4 is 39.2 Å². The third-order valence-corrected chi connectivity index (χ3v) is 5.73. The van der Waals surface area contributed by atoms with Gasteiger partial charge < -0.3 is 19.9 Å². The lowest BCUT2D eigenvalue weighted by atomic mass is 10.2. The van der Waals surface area contributed by atoms with Gasteiger partial charge in [-0.15, -0.1) is 0 Å². The molecule has 1 amide bonds. The Hall–Kier alpha value is -3.13. The van der Waals surface area contributed by atoms with Crippen LogP contribution >= 0.6 is 15.9 Å². The molecule has 0 aliphatic carbocycles. The molecule has 3 aromatic rings.